The van der Waals surface area contributed by atoms with E-state index >= 15 is 0 Å². The van der Waals surface area contributed by atoms with Crippen LogP contribution in [0.15, 0.2) is 0 Å². The van der Waals surface area contributed by atoms with Crippen molar-refractivity contribution in [3.05, 3.63) is 0 Å². The molecule has 0 heterocycles. The van der Waals surface area contributed by atoms with Gasteiger partial charge in [-0.25, -0.2) is 0 Å². The fourth-order valence-corrected chi connectivity index (χ4v) is 0.301. The molecule has 0 aliphatic heterocycles. The molecule has 2 nitrogen and oxygen atoms in total. The Kier molecular flexibility index (Phi) is 12.0. The van der Waals surface area contributed by atoms with Crippen LogP contribution in [0.4, 0.5) is 0 Å². The molecular formula is C5H11KNO+. The summed E-state index contributed by atoms with van der Waals surface area (Å²) in [5.74, 6) is 0.0573. The summed E-state index contributed by atoms with van der Waals surface area (Å²) in [5, 5.41) is 2.66. The number of carbonyl (C=O) groups excluding carboxylic acids is 1. The van der Waals surface area contributed by atoms with Crippen LogP contribution in [0.25, 0.3) is 0 Å². The summed E-state index contributed by atoms with van der Waals surface area (Å²) in [5.41, 5.74) is 0. The fraction of sp³-hybridized carbons (Fsp3) is 0.800. The molecule has 0 aromatic rings. The van der Waals surface area contributed by atoms with E-state index in [9.17, 15) is 4.79 Å². The Balaban J connectivity index is 0. The van der Waals surface area contributed by atoms with Gasteiger partial charge in [-0.1, -0.05) is 6.92 Å². The molecule has 0 spiro atoms. The van der Waals surface area contributed by atoms with Crippen molar-refractivity contribution in [3.63, 3.8) is 0 Å². The summed E-state index contributed by atoms with van der Waals surface area (Å²) in [7, 11) is 0. The van der Waals surface area contributed by atoms with Crippen molar-refractivity contribution in [2.45, 2.75) is 20.3 Å². The van der Waals surface area contributed by atoms with Gasteiger partial charge in [-0.2, -0.15) is 0 Å². The third-order valence-electron chi connectivity index (χ3n) is 0.624. The van der Waals surface area contributed by atoms with E-state index in [0.29, 0.717) is 0 Å². The average Bonchev–Trinajstić information content (AvgIpc) is 1.61. The molecule has 1 N–H and O–H groups in total. The number of nitrogens with one attached hydrogen (secondary N) is 1. The molecule has 0 aliphatic carbocycles. The summed E-state index contributed by atoms with van der Waals surface area (Å²) in [6.45, 7) is 4.35. The molecular weight excluding hydrogens is 129 g/mol. The van der Waals surface area contributed by atoms with Crippen molar-refractivity contribution in [2.24, 2.45) is 0 Å². The molecule has 0 saturated heterocycles. The molecule has 0 radical (unpaired) electrons. The smallest absolute Gasteiger partial charge is 0.356 e. The van der Waals surface area contributed by atoms with Gasteiger partial charge in [0.15, 0.2) is 0 Å². The molecule has 42 valence electrons. The van der Waals surface area contributed by atoms with E-state index in [0.717, 1.165) is 13.0 Å². The molecule has 0 bridgehead atoms. The zero-order valence-electron chi connectivity index (χ0n) is 5.82. The molecule has 0 aromatic carbocycles. The minimum Gasteiger partial charge on any atom is -0.356 e. The van der Waals surface area contributed by atoms with Gasteiger partial charge < -0.3 is 5.32 Å². The summed E-state index contributed by atoms with van der Waals surface area (Å²) in [6.07, 6.45) is 1.01. The summed E-state index contributed by atoms with van der Waals surface area (Å²) in [4.78, 5) is 10.1. The van der Waals surface area contributed by atoms with Crippen molar-refractivity contribution >= 4 is 5.91 Å². The Labute approximate surface area is 92.8 Å². The third-order valence-corrected chi connectivity index (χ3v) is 0.624. The second kappa shape index (κ2) is 8.11. The Morgan fingerprint density at radius 3 is 2.25 bits per heavy atom. The minimum absolute atomic E-state index is 0. The molecule has 0 aliphatic rings. The average molecular weight is 140 g/mol. The number of amides is 1. The van der Waals surface area contributed by atoms with Gasteiger partial charge in [0.25, 0.3) is 0 Å². The monoisotopic (exact) mass is 140 g/mol. The normalized spacial score (nSPS) is 7.25. The van der Waals surface area contributed by atoms with Gasteiger partial charge in [0.2, 0.25) is 5.91 Å². The fourth-order valence-electron chi connectivity index (χ4n) is 0.301. The Hall–Kier alpha value is 1.11. The molecule has 3 heteroatoms. The first kappa shape index (κ1) is 11.8. The molecule has 0 aromatic heterocycles. The van der Waals surface area contributed by atoms with E-state index in [1.807, 2.05) is 6.92 Å². The topological polar surface area (TPSA) is 29.1 Å². The number of hydrogen-bond acceptors (Lipinski definition) is 1. The van der Waals surface area contributed by atoms with Crippen molar-refractivity contribution in [2.75, 3.05) is 6.54 Å². The van der Waals surface area contributed by atoms with Crippen molar-refractivity contribution in [1.82, 2.24) is 5.32 Å². The summed E-state index contributed by atoms with van der Waals surface area (Å²) in [6, 6.07) is 0. The van der Waals surface area contributed by atoms with E-state index in [1.54, 1.807) is 0 Å². The molecule has 1 amide bonds. The van der Waals surface area contributed by atoms with Crippen LogP contribution in [0.5, 0.6) is 0 Å². The molecule has 0 unspecified atom stereocenters. The zero-order chi connectivity index (χ0) is 5.70. The summed E-state index contributed by atoms with van der Waals surface area (Å²) < 4.78 is 0. The Morgan fingerprint density at radius 2 is 2.12 bits per heavy atom. The van der Waals surface area contributed by atoms with Crippen LogP contribution in [0, 0.1) is 0 Å². The standard InChI is InChI=1S/C5H11NO.K/c1-3-4-6-5(2)7;/h3-4H2,1-2H3,(H,6,7);/q;+1. The van der Waals surface area contributed by atoms with Gasteiger partial charge in [-0.15, -0.1) is 0 Å². The van der Waals surface area contributed by atoms with Crippen LogP contribution >= 0.6 is 0 Å². The number of rotatable bonds is 2. The van der Waals surface area contributed by atoms with Crippen molar-refractivity contribution in [1.29, 1.82) is 0 Å². The van der Waals surface area contributed by atoms with Gasteiger partial charge in [-0.05, 0) is 6.42 Å². The maximum atomic E-state index is 10.1. The van der Waals surface area contributed by atoms with Crippen LogP contribution in [-0.2, 0) is 4.79 Å². The maximum Gasteiger partial charge on any atom is 1.00 e. The van der Waals surface area contributed by atoms with Gasteiger partial charge >= 0.3 is 51.4 Å². The van der Waals surface area contributed by atoms with Crippen molar-refractivity contribution in [3.8, 4) is 0 Å². The number of carbonyl (C=O) groups is 1. The van der Waals surface area contributed by atoms with Gasteiger partial charge in [0.1, 0.15) is 0 Å². The first-order chi connectivity index (χ1) is 3.27. The van der Waals surface area contributed by atoms with Gasteiger partial charge in [0.05, 0.1) is 0 Å². The molecule has 8 heavy (non-hydrogen) atoms. The zero-order valence-corrected chi connectivity index (χ0v) is 8.95. The maximum absolute atomic E-state index is 10.1. The third kappa shape index (κ3) is 10.2. The van der Waals surface area contributed by atoms with E-state index in [-0.39, 0.29) is 57.3 Å². The van der Waals surface area contributed by atoms with Crippen LogP contribution < -0.4 is 56.7 Å². The second-order valence-corrected chi connectivity index (χ2v) is 1.48. The molecule has 0 fully saturated rings. The molecule has 0 rings (SSSR count). The quantitative estimate of drug-likeness (QED) is 0.423. The Morgan fingerprint density at radius 1 is 1.62 bits per heavy atom. The number of hydrogen-bond donors (Lipinski definition) is 1. The summed E-state index contributed by atoms with van der Waals surface area (Å²) >= 11 is 0. The Bertz CT molecular complexity index is 65.4. The van der Waals surface area contributed by atoms with Gasteiger partial charge in [-0.3, -0.25) is 4.79 Å². The van der Waals surface area contributed by atoms with Gasteiger partial charge in [0, 0.05) is 13.5 Å². The predicted octanol–water partition coefficient (Wildman–Crippen LogP) is -2.46. The van der Waals surface area contributed by atoms with E-state index in [1.165, 1.54) is 6.92 Å². The predicted molar refractivity (Wildman–Crippen MR) is 29.0 cm³/mol. The van der Waals surface area contributed by atoms with Crippen LogP contribution in [0.3, 0.4) is 0 Å². The minimum atomic E-state index is 0. The van der Waals surface area contributed by atoms with E-state index < -0.39 is 0 Å². The van der Waals surface area contributed by atoms with Crippen LogP contribution in [-0.4, -0.2) is 12.5 Å². The van der Waals surface area contributed by atoms with Crippen LogP contribution in [0.2, 0.25) is 0 Å². The van der Waals surface area contributed by atoms with E-state index in [4.69, 9.17) is 0 Å². The first-order valence-corrected chi connectivity index (χ1v) is 2.51. The largest absolute Gasteiger partial charge is 1.00 e. The van der Waals surface area contributed by atoms with Crippen LogP contribution in [0.1, 0.15) is 20.3 Å². The van der Waals surface area contributed by atoms with Crippen molar-refractivity contribution < 1.29 is 56.2 Å². The van der Waals surface area contributed by atoms with E-state index in [2.05, 4.69) is 5.32 Å². The molecule has 0 atom stereocenters. The second-order valence-electron chi connectivity index (χ2n) is 1.48. The molecule has 0 saturated carbocycles. The SMILES string of the molecule is CCCNC(C)=O.[K+]. The first-order valence-electron chi connectivity index (χ1n) is 2.51.